The Morgan fingerprint density at radius 3 is 2.00 bits per heavy atom. The molecule has 0 saturated heterocycles. The molecule has 3 heteroatoms. The normalized spacial score (nSPS) is 14.4. The zero-order valence-electron chi connectivity index (χ0n) is 12.0. The summed E-state index contributed by atoms with van der Waals surface area (Å²) in [5.41, 5.74) is 0. The molecule has 0 unspecified atom stereocenters. The molecule has 0 aromatic heterocycles. The number of carbonyl (C=O) groups is 1. The summed E-state index contributed by atoms with van der Waals surface area (Å²) in [4.78, 5) is 10.5. The van der Waals surface area contributed by atoms with Crippen molar-refractivity contribution in [2.45, 2.75) is 84.2 Å². The van der Waals surface area contributed by atoms with Gasteiger partial charge in [0, 0.05) is 0 Å². The molecule has 0 aromatic rings. The monoisotopic (exact) mass is 258 g/mol. The summed E-state index contributed by atoms with van der Waals surface area (Å²) >= 11 is 0. The van der Waals surface area contributed by atoms with Crippen LogP contribution in [0, 0.1) is 5.92 Å². The molecule has 0 fully saturated rings. The first-order valence-electron chi connectivity index (χ1n) is 7.47. The molecule has 2 atom stereocenters. The van der Waals surface area contributed by atoms with E-state index in [1.807, 2.05) is 6.92 Å². The zero-order chi connectivity index (χ0) is 13.8. The molecule has 0 aromatic carbocycles. The highest BCUT2D eigenvalue weighted by molar-refractivity contribution is 5.67. The van der Waals surface area contributed by atoms with Crippen LogP contribution in [-0.4, -0.2) is 22.3 Å². The third kappa shape index (κ3) is 10.6. The van der Waals surface area contributed by atoms with Gasteiger partial charge in [0.2, 0.25) is 0 Å². The molecule has 2 N–H and O–H groups in total. The van der Waals surface area contributed by atoms with Crippen molar-refractivity contribution in [2.75, 3.05) is 0 Å². The lowest BCUT2D eigenvalue weighted by Crippen LogP contribution is -2.21. The number of hydrogen-bond donors (Lipinski definition) is 2. The number of carboxylic acids is 1. The number of aliphatic hydroxyl groups is 1. The summed E-state index contributed by atoms with van der Waals surface area (Å²) in [7, 11) is 0. The van der Waals surface area contributed by atoms with Gasteiger partial charge in [-0.05, 0) is 12.3 Å². The zero-order valence-corrected chi connectivity index (χ0v) is 12.0. The predicted molar refractivity (Wildman–Crippen MR) is 74.7 cm³/mol. The summed E-state index contributed by atoms with van der Waals surface area (Å²) in [6.45, 7) is 4.17. The standard InChI is InChI=1S/C15H30O3/c1-3-4-5-6-7-8-9-10-11-13(2)14(16)12-15(17)18/h13-14,16H,3-12H2,1-2H3,(H,17,18)/t13-,14+/m1/s1. The molecule has 0 aliphatic heterocycles. The number of hydrogen-bond acceptors (Lipinski definition) is 2. The SMILES string of the molecule is CCCCCCCCCC[C@@H](C)[C@@H](O)CC(=O)O. The Labute approximate surface area is 112 Å². The molecule has 3 nitrogen and oxygen atoms in total. The fourth-order valence-corrected chi connectivity index (χ4v) is 2.17. The van der Waals surface area contributed by atoms with E-state index in [0.29, 0.717) is 0 Å². The summed E-state index contributed by atoms with van der Waals surface area (Å²) in [5.74, 6) is -0.813. The van der Waals surface area contributed by atoms with Gasteiger partial charge >= 0.3 is 5.97 Å². The van der Waals surface area contributed by atoms with Crippen LogP contribution in [0.1, 0.15) is 78.1 Å². The maximum Gasteiger partial charge on any atom is 0.305 e. The Balaban J connectivity index is 3.34. The molecule has 0 bridgehead atoms. The van der Waals surface area contributed by atoms with Crippen molar-refractivity contribution in [3.8, 4) is 0 Å². The highest BCUT2D eigenvalue weighted by Gasteiger charge is 2.16. The van der Waals surface area contributed by atoms with Gasteiger partial charge < -0.3 is 10.2 Å². The Bertz CT molecular complexity index is 204. The van der Waals surface area contributed by atoms with Crippen LogP contribution < -0.4 is 0 Å². The first-order chi connectivity index (χ1) is 8.57. The number of aliphatic hydroxyl groups excluding tert-OH is 1. The first kappa shape index (κ1) is 17.4. The van der Waals surface area contributed by atoms with Gasteiger partial charge in [-0.1, -0.05) is 65.2 Å². The molecular weight excluding hydrogens is 228 g/mol. The number of aliphatic carboxylic acids is 1. The van der Waals surface area contributed by atoms with E-state index in [9.17, 15) is 9.90 Å². The first-order valence-corrected chi connectivity index (χ1v) is 7.47. The van der Waals surface area contributed by atoms with Crippen LogP contribution in [0.4, 0.5) is 0 Å². The second kappa shape index (κ2) is 11.5. The van der Waals surface area contributed by atoms with Crippen LogP contribution in [0.2, 0.25) is 0 Å². The van der Waals surface area contributed by atoms with E-state index in [1.165, 1.54) is 44.9 Å². The van der Waals surface area contributed by atoms with E-state index >= 15 is 0 Å². The van der Waals surface area contributed by atoms with E-state index in [1.54, 1.807) is 0 Å². The van der Waals surface area contributed by atoms with Gasteiger partial charge in [-0.2, -0.15) is 0 Å². The van der Waals surface area contributed by atoms with Crippen molar-refractivity contribution < 1.29 is 15.0 Å². The average Bonchev–Trinajstić information content (AvgIpc) is 2.31. The second-order valence-electron chi connectivity index (χ2n) is 5.41. The van der Waals surface area contributed by atoms with Gasteiger partial charge in [0.15, 0.2) is 0 Å². The van der Waals surface area contributed by atoms with Crippen molar-refractivity contribution in [2.24, 2.45) is 5.92 Å². The van der Waals surface area contributed by atoms with Crippen LogP contribution in [0.25, 0.3) is 0 Å². The van der Waals surface area contributed by atoms with Crippen LogP contribution in [0.3, 0.4) is 0 Å². The molecule has 0 aliphatic carbocycles. The van der Waals surface area contributed by atoms with Crippen LogP contribution in [-0.2, 0) is 4.79 Å². The van der Waals surface area contributed by atoms with Crippen molar-refractivity contribution >= 4 is 5.97 Å². The smallest absolute Gasteiger partial charge is 0.305 e. The number of rotatable bonds is 12. The molecule has 0 amide bonds. The quantitative estimate of drug-likeness (QED) is 0.520. The van der Waals surface area contributed by atoms with Crippen molar-refractivity contribution in [3.63, 3.8) is 0 Å². The fraction of sp³-hybridized carbons (Fsp3) is 0.933. The lowest BCUT2D eigenvalue weighted by molar-refractivity contribution is -0.139. The fourth-order valence-electron chi connectivity index (χ4n) is 2.17. The molecular formula is C15H30O3. The predicted octanol–water partition coefficient (Wildman–Crippen LogP) is 3.99. The minimum atomic E-state index is -0.912. The van der Waals surface area contributed by atoms with E-state index in [0.717, 1.165) is 12.8 Å². The third-order valence-electron chi connectivity index (χ3n) is 3.55. The van der Waals surface area contributed by atoms with Gasteiger partial charge in [0.05, 0.1) is 12.5 Å². The molecule has 0 aliphatic rings. The van der Waals surface area contributed by atoms with Crippen LogP contribution >= 0.6 is 0 Å². The van der Waals surface area contributed by atoms with Gasteiger partial charge in [-0.25, -0.2) is 0 Å². The van der Waals surface area contributed by atoms with E-state index in [-0.39, 0.29) is 12.3 Å². The second-order valence-corrected chi connectivity index (χ2v) is 5.41. The lowest BCUT2D eigenvalue weighted by atomic mass is 9.95. The van der Waals surface area contributed by atoms with Crippen molar-refractivity contribution in [1.29, 1.82) is 0 Å². The van der Waals surface area contributed by atoms with Gasteiger partial charge in [0.1, 0.15) is 0 Å². The van der Waals surface area contributed by atoms with Crippen LogP contribution in [0.15, 0.2) is 0 Å². The molecule has 0 rings (SSSR count). The van der Waals surface area contributed by atoms with Crippen molar-refractivity contribution in [1.82, 2.24) is 0 Å². The Morgan fingerprint density at radius 1 is 1.00 bits per heavy atom. The summed E-state index contributed by atoms with van der Waals surface area (Å²) < 4.78 is 0. The maximum atomic E-state index is 10.5. The molecule has 0 radical (unpaired) electrons. The molecule has 0 saturated carbocycles. The third-order valence-corrected chi connectivity index (χ3v) is 3.55. The van der Waals surface area contributed by atoms with Gasteiger partial charge in [-0.3, -0.25) is 4.79 Å². The molecule has 108 valence electrons. The summed E-state index contributed by atoms with van der Waals surface area (Å²) in [6, 6.07) is 0. The minimum absolute atomic E-state index is 0.0983. The molecule has 0 spiro atoms. The van der Waals surface area contributed by atoms with Gasteiger partial charge in [0.25, 0.3) is 0 Å². The highest BCUT2D eigenvalue weighted by atomic mass is 16.4. The minimum Gasteiger partial charge on any atom is -0.481 e. The summed E-state index contributed by atoms with van der Waals surface area (Å²) in [6.07, 6.45) is 10.3. The van der Waals surface area contributed by atoms with E-state index in [4.69, 9.17) is 5.11 Å². The topological polar surface area (TPSA) is 57.5 Å². The molecule has 18 heavy (non-hydrogen) atoms. The Kier molecular flexibility index (Phi) is 11.2. The van der Waals surface area contributed by atoms with Crippen LogP contribution in [0.5, 0.6) is 0 Å². The summed E-state index contributed by atoms with van der Waals surface area (Å²) in [5, 5.41) is 18.2. The number of unbranched alkanes of at least 4 members (excludes halogenated alkanes) is 7. The Morgan fingerprint density at radius 2 is 1.50 bits per heavy atom. The van der Waals surface area contributed by atoms with E-state index < -0.39 is 12.1 Å². The molecule has 0 heterocycles. The van der Waals surface area contributed by atoms with E-state index in [2.05, 4.69) is 6.92 Å². The maximum absolute atomic E-state index is 10.5. The highest BCUT2D eigenvalue weighted by Crippen LogP contribution is 2.17. The largest absolute Gasteiger partial charge is 0.481 e. The lowest BCUT2D eigenvalue weighted by Gasteiger charge is -2.16. The average molecular weight is 258 g/mol. The van der Waals surface area contributed by atoms with Crippen molar-refractivity contribution in [3.05, 3.63) is 0 Å². The Hall–Kier alpha value is -0.570. The van der Waals surface area contributed by atoms with Gasteiger partial charge in [-0.15, -0.1) is 0 Å². The number of carboxylic acid groups (broad SMARTS) is 1.